The lowest BCUT2D eigenvalue weighted by molar-refractivity contribution is -0.153. The molecule has 44 heavy (non-hydrogen) atoms. The highest BCUT2D eigenvalue weighted by Crippen LogP contribution is 2.65. The molecule has 234 valence electrons. The van der Waals surface area contributed by atoms with Gasteiger partial charge in [0.2, 0.25) is 11.8 Å². The van der Waals surface area contributed by atoms with Gasteiger partial charge in [-0.15, -0.1) is 13.2 Å². The van der Waals surface area contributed by atoms with Gasteiger partial charge < -0.3 is 24.5 Å². The van der Waals surface area contributed by atoms with Gasteiger partial charge in [0.1, 0.15) is 11.6 Å². The number of fused-ring (bicyclic) bond motifs is 1. The number of anilines is 1. The van der Waals surface area contributed by atoms with E-state index >= 15 is 0 Å². The number of aryl methyl sites for hydroxylation is 2. The van der Waals surface area contributed by atoms with Crippen LogP contribution >= 0.6 is 0 Å². The van der Waals surface area contributed by atoms with Crippen LogP contribution in [0.5, 0.6) is 0 Å². The third-order valence-electron chi connectivity index (χ3n) is 10.0. The maximum Gasteiger partial charge on any atom is 0.253 e. The summed E-state index contributed by atoms with van der Waals surface area (Å²) in [6, 6.07) is 14.0. The van der Waals surface area contributed by atoms with Gasteiger partial charge in [0.05, 0.1) is 30.1 Å². The van der Waals surface area contributed by atoms with Gasteiger partial charge in [0.25, 0.3) is 5.91 Å². The molecule has 2 unspecified atom stereocenters. The summed E-state index contributed by atoms with van der Waals surface area (Å²) in [6.45, 7) is 16.1. The summed E-state index contributed by atoms with van der Waals surface area (Å²) in [5, 5.41) is 10.3. The third-order valence-corrected chi connectivity index (χ3v) is 10.0. The summed E-state index contributed by atoms with van der Waals surface area (Å²) < 4.78 is 7.00. The second-order valence-corrected chi connectivity index (χ2v) is 12.6. The van der Waals surface area contributed by atoms with Gasteiger partial charge in [0, 0.05) is 25.3 Å². The Bertz CT molecular complexity index is 1420. The molecule has 6 atom stereocenters. The van der Waals surface area contributed by atoms with Crippen molar-refractivity contribution >= 4 is 23.4 Å². The zero-order valence-corrected chi connectivity index (χ0v) is 26.4. The molecule has 3 aliphatic heterocycles. The van der Waals surface area contributed by atoms with E-state index in [9.17, 15) is 19.5 Å². The molecule has 3 amide bonds. The molecular formula is C36H45N3O5. The summed E-state index contributed by atoms with van der Waals surface area (Å²) in [5.74, 6) is -2.38. The van der Waals surface area contributed by atoms with Gasteiger partial charge in [-0.2, -0.15) is 0 Å². The van der Waals surface area contributed by atoms with Crippen LogP contribution in [0.2, 0.25) is 0 Å². The first kappa shape index (κ1) is 31.7. The number of amides is 3. The Morgan fingerprint density at radius 1 is 1.05 bits per heavy atom. The van der Waals surface area contributed by atoms with Gasteiger partial charge in [-0.1, -0.05) is 67.6 Å². The number of benzene rings is 2. The number of carbonyl (C=O) groups excluding carboxylic acids is 3. The number of rotatable bonds is 12. The second kappa shape index (κ2) is 12.3. The van der Waals surface area contributed by atoms with Crippen molar-refractivity contribution in [3.8, 4) is 0 Å². The number of hydrogen-bond acceptors (Lipinski definition) is 5. The first-order chi connectivity index (χ1) is 21.1. The summed E-state index contributed by atoms with van der Waals surface area (Å²) >= 11 is 0. The van der Waals surface area contributed by atoms with Crippen molar-refractivity contribution in [3.05, 3.63) is 90.5 Å². The quantitative estimate of drug-likeness (QED) is 0.361. The molecule has 0 saturated carbocycles. The van der Waals surface area contributed by atoms with Crippen molar-refractivity contribution in [1.82, 2.24) is 9.80 Å². The largest absolute Gasteiger partial charge is 0.394 e. The molecule has 2 bridgehead atoms. The Balaban J connectivity index is 1.62. The van der Waals surface area contributed by atoms with E-state index in [-0.39, 0.29) is 30.9 Å². The highest BCUT2D eigenvalue weighted by atomic mass is 16.5. The molecule has 2 aromatic rings. The SMILES string of the molecule is C=CCN(Cc1ccccc1)C(=O)[C@H]1[C@H]2C(=O)N([C@H](C)CO)C(C(=O)N(CC=C)c3c(C)cccc3C)C23CC[C@]1(CC)O3. The zero-order chi connectivity index (χ0) is 31.8. The van der Waals surface area contributed by atoms with Crippen LogP contribution in [0.25, 0.3) is 0 Å². The Hall–Kier alpha value is -3.75. The van der Waals surface area contributed by atoms with Gasteiger partial charge in [0.15, 0.2) is 0 Å². The van der Waals surface area contributed by atoms with E-state index in [1.807, 2.05) is 69.3 Å². The van der Waals surface area contributed by atoms with Gasteiger partial charge in [-0.05, 0) is 56.7 Å². The lowest BCUT2D eigenvalue weighted by Crippen LogP contribution is -2.58. The lowest BCUT2D eigenvalue weighted by Gasteiger charge is -2.39. The van der Waals surface area contributed by atoms with Crippen molar-refractivity contribution < 1.29 is 24.2 Å². The van der Waals surface area contributed by atoms with E-state index in [0.29, 0.717) is 32.4 Å². The van der Waals surface area contributed by atoms with Crippen LogP contribution in [0.15, 0.2) is 73.8 Å². The minimum atomic E-state index is -1.20. The van der Waals surface area contributed by atoms with Crippen LogP contribution in [0.3, 0.4) is 0 Å². The monoisotopic (exact) mass is 599 g/mol. The van der Waals surface area contributed by atoms with Crippen molar-refractivity contribution in [2.75, 3.05) is 24.6 Å². The Labute approximate surface area is 261 Å². The Morgan fingerprint density at radius 3 is 2.30 bits per heavy atom. The molecule has 8 nitrogen and oxygen atoms in total. The van der Waals surface area contributed by atoms with Crippen LogP contribution in [0.4, 0.5) is 5.69 Å². The third kappa shape index (κ3) is 4.88. The summed E-state index contributed by atoms with van der Waals surface area (Å²) in [7, 11) is 0. The average Bonchev–Trinajstić information content (AvgIpc) is 3.63. The van der Waals surface area contributed by atoms with E-state index in [1.165, 1.54) is 4.90 Å². The van der Waals surface area contributed by atoms with E-state index in [2.05, 4.69) is 13.2 Å². The van der Waals surface area contributed by atoms with Gasteiger partial charge in [-0.3, -0.25) is 14.4 Å². The fourth-order valence-corrected chi connectivity index (χ4v) is 8.06. The molecule has 1 spiro atoms. The van der Waals surface area contributed by atoms with Crippen molar-refractivity contribution in [3.63, 3.8) is 0 Å². The van der Waals surface area contributed by atoms with Gasteiger partial charge >= 0.3 is 0 Å². The second-order valence-electron chi connectivity index (χ2n) is 12.6. The van der Waals surface area contributed by atoms with Crippen LogP contribution in [0.1, 0.15) is 49.8 Å². The molecule has 2 aromatic carbocycles. The maximum atomic E-state index is 14.9. The number of aliphatic hydroxyl groups excluding tert-OH is 1. The van der Waals surface area contributed by atoms with Crippen LogP contribution in [0, 0.1) is 25.7 Å². The highest BCUT2D eigenvalue weighted by Gasteiger charge is 2.79. The predicted molar refractivity (Wildman–Crippen MR) is 171 cm³/mol. The number of nitrogens with zero attached hydrogens (tertiary/aromatic N) is 3. The first-order valence-electron chi connectivity index (χ1n) is 15.7. The normalized spacial score (nSPS) is 27.6. The Kier molecular flexibility index (Phi) is 8.87. The number of carbonyl (C=O) groups is 3. The molecule has 8 heteroatoms. The van der Waals surface area contributed by atoms with Crippen molar-refractivity contribution in [2.45, 2.75) is 76.8 Å². The number of para-hydroxylation sites is 1. The average molecular weight is 600 g/mol. The minimum absolute atomic E-state index is 0.169. The number of hydrogen-bond donors (Lipinski definition) is 1. The van der Waals surface area contributed by atoms with Crippen LogP contribution in [-0.4, -0.2) is 75.6 Å². The van der Waals surface area contributed by atoms with E-state index < -0.39 is 35.1 Å². The summed E-state index contributed by atoms with van der Waals surface area (Å²) in [5.41, 5.74) is 1.53. The number of likely N-dealkylation sites (tertiary alicyclic amines) is 1. The van der Waals surface area contributed by atoms with E-state index in [0.717, 1.165) is 22.4 Å². The molecule has 0 radical (unpaired) electrons. The fraction of sp³-hybridized carbons (Fsp3) is 0.472. The molecule has 3 saturated heterocycles. The molecule has 3 fully saturated rings. The lowest BCUT2D eigenvalue weighted by atomic mass is 9.64. The van der Waals surface area contributed by atoms with Crippen LogP contribution < -0.4 is 4.90 Å². The minimum Gasteiger partial charge on any atom is -0.394 e. The molecule has 5 rings (SSSR count). The smallest absolute Gasteiger partial charge is 0.253 e. The molecule has 3 aliphatic rings. The molecule has 0 aromatic heterocycles. The summed E-state index contributed by atoms with van der Waals surface area (Å²) in [6.07, 6.45) is 4.95. The molecule has 1 N–H and O–H groups in total. The van der Waals surface area contributed by atoms with Crippen molar-refractivity contribution in [1.29, 1.82) is 0 Å². The molecular weight excluding hydrogens is 554 g/mol. The number of aliphatic hydroxyl groups is 1. The van der Waals surface area contributed by atoms with E-state index in [1.54, 1.807) is 28.9 Å². The van der Waals surface area contributed by atoms with Crippen LogP contribution in [-0.2, 0) is 25.7 Å². The highest BCUT2D eigenvalue weighted by molar-refractivity contribution is 6.06. The standard InChI is InChI=1S/C36H45N3O5/c1-7-20-37(22-27-16-11-10-12-17-27)32(41)28-29-33(42)39(26(6)23-40)31(36(29)19-18-35(28,9-3)44-36)34(43)38(21-8-2)30-24(4)14-13-15-25(30)5/h7-8,10-17,26,28-29,31,40H,1-2,9,18-23H2,3-6H3/t26-,28-,29+,31?,35+,36?/m1/s1. The van der Waals surface area contributed by atoms with Gasteiger partial charge in [-0.25, -0.2) is 0 Å². The fourth-order valence-electron chi connectivity index (χ4n) is 8.06. The summed E-state index contributed by atoms with van der Waals surface area (Å²) in [4.78, 5) is 49.1. The zero-order valence-electron chi connectivity index (χ0n) is 26.4. The predicted octanol–water partition coefficient (Wildman–Crippen LogP) is 4.57. The number of ether oxygens (including phenoxy) is 1. The van der Waals surface area contributed by atoms with Crippen molar-refractivity contribution in [2.24, 2.45) is 11.8 Å². The Morgan fingerprint density at radius 2 is 1.70 bits per heavy atom. The topological polar surface area (TPSA) is 90.4 Å². The molecule has 3 heterocycles. The van der Waals surface area contributed by atoms with E-state index in [4.69, 9.17) is 4.74 Å². The first-order valence-corrected chi connectivity index (χ1v) is 15.7. The maximum absolute atomic E-state index is 14.9. The molecule has 0 aliphatic carbocycles.